The SMILES string of the molecule is COCC1(C)CCC[C@]2(C)c3cc(OC)ccc3CC[C@@H]12. The number of hydrogen-bond acceptors (Lipinski definition) is 2. The molecular weight excluding hydrogens is 260 g/mol. The molecule has 3 rings (SSSR count). The first kappa shape index (κ1) is 14.9. The van der Waals surface area contributed by atoms with Gasteiger partial charge in [0.25, 0.3) is 0 Å². The first-order valence-corrected chi connectivity index (χ1v) is 8.20. The summed E-state index contributed by atoms with van der Waals surface area (Å²) in [5.74, 6) is 1.70. The molecule has 0 spiro atoms. The molecule has 0 amide bonds. The molecule has 2 aliphatic carbocycles. The topological polar surface area (TPSA) is 18.5 Å². The minimum Gasteiger partial charge on any atom is -0.497 e. The maximum atomic E-state index is 5.59. The zero-order valence-electron chi connectivity index (χ0n) is 13.9. The van der Waals surface area contributed by atoms with Crippen LogP contribution in [0.2, 0.25) is 0 Å². The number of aryl methyl sites for hydroxylation is 1. The molecule has 1 aromatic carbocycles. The van der Waals surface area contributed by atoms with Gasteiger partial charge in [0.2, 0.25) is 0 Å². The zero-order chi connectivity index (χ0) is 15.1. The Balaban J connectivity index is 2.05. The van der Waals surface area contributed by atoms with Crippen molar-refractivity contribution in [2.75, 3.05) is 20.8 Å². The van der Waals surface area contributed by atoms with Crippen molar-refractivity contribution in [3.05, 3.63) is 29.3 Å². The number of fused-ring (bicyclic) bond motifs is 3. The van der Waals surface area contributed by atoms with Crippen LogP contribution >= 0.6 is 0 Å². The van der Waals surface area contributed by atoms with Gasteiger partial charge in [-0.3, -0.25) is 0 Å². The fraction of sp³-hybridized carbons (Fsp3) is 0.684. The molecule has 0 saturated heterocycles. The van der Waals surface area contributed by atoms with Gasteiger partial charge in [-0.05, 0) is 65.7 Å². The molecule has 0 aliphatic heterocycles. The molecule has 0 N–H and O–H groups in total. The smallest absolute Gasteiger partial charge is 0.119 e. The lowest BCUT2D eigenvalue weighted by Crippen LogP contribution is -2.50. The minimum absolute atomic E-state index is 0.271. The monoisotopic (exact) mass is 288 g/mol. The largest absolute Gasteiger partial charge is 0.497 e. The molecular formula is C19H28O2. The van der Waals surface area contributed by atoms with E-state index in [2.05, 4.69) is 32.0 Å². The van der Waals surface area contributed by atoms with Gasteiger partial charge >= 0.3 is 0 Å². The van der Waals surface area contributed by atoms with Crippen LogP contribution in [-0.2, 0) is 16.6 Å². The van der Waals surface area contributed by atoms with Crippen LogP contribution in [0.1, 0.15) is 50.7 Å². The molecule has 0 bridgehead atoms. The zero-order valence-corrected chi connectivity index (χ0v) is 13.9. The summed E-state index contributed by atoms with van der Waals surface area (Å²) in [6, 6.07) is 6.68. The van der Waals surface area contributed by atoms with Gasteiger partial charge in [0.05, 0.1) is 13.7 Å². The summed E-state index contributed by atoms with van der Waals surface area (Å²) < 4.78 is 11.1. The predicted molar refractivity (Wildman–Crippen MR) is 86.0 cm³/mol. The number of hydrogen-bond donors (Lipinski definition) is 0. The molecule has 0 heterocycles. The first-order valence-electron chi connectivity index (χ1n) is 8.20. The lowest BCUT2D eigenvalue weighted by Gasteiger charge is -2.55. The summed E-state index contributed by atoms with van der Waals surface area (Å²) in [5.41, 5.74) is 3.63. The van der Waals surface area contributed by atoms with Crippen LogP contribution < -0.4 is 4.74 Å². The second kappa shape index (κ2) is 5.31. The van der Waals surface area contributed by atoms with E-state index >= 15 is 0 Å². The van der Waals surface area contributed by atoms with E-state index in [-0.39, 0.29) is 5.41 Å². The lowest BCUT2D eigenvalue weighted by atomic mass is 9.50. The summed E-state index contributed by atoms with van der Waals surface area (Å²) in [7, 11) is 3.61. The highest BCUT2D eigenvalue weighted by Crippen LogP contribution is 2.57. The Morgan fingerprint density at radius 1 is 1.19 bits per heavy atom. The van der Waals surface area contributed by atoms with E-state index in [1.54, 1.807) is 7.11 Å². The van der Waals surface area contributed by atoms with Crippen LogP contribution in [0.4, 0.5) is 0 Å². The van der Waals surface area contributed by atoms with Crippen LogP contribution in [-0.4, -0.2) is 20.8 Å². The average Bonchev–Trinajstić information content (AvgIpc) is 2.47. The second-order valence-electron chi connectivity index (χ2n) is 7.47. The molecule has 1 saturated carbocycles. The molecule has 1 aromatic rings. The van der Waals surface area contributed by atoms with Crippen molar-refractivity contribution in [1.29, 1.82) is 0 Å². The number of benzene rings is 1. The summed E-state index contributed by atoms with van der Waals surface area (Å²) >= 11 is 0. The van der Waals surface area contributed by atoms with E-state index in [0.717, 1.165) is 12.4 Å². The highest BCUT2D eigenvalue weighted by molar-refractivity contribution is 5.43. The fourth-order valence-electron chi connectivity index (χ4n) is 5.20. The molecule has 0 aromatic heterocycles. The van der Waals surface area contributed by atoms with Crippen molar-refractivity contribution in [3.8, 4) is 5.75 Å². The Bertz CT molecular complexity index is 520. The Morgan fingerprint density at radius 3 is 2.71 bits per heavy atom. The maximum Gasteiger partial charge on any atom is 0.119 e. The van der Waals surface area contributed by atoms with Gasteiger partial charge in [0, 0.05) is 7.11 Å². The van der Waals surface area contributed by atoms with Crippen LogP contribution in [0, 0.1) is 11.3 Å². The quantitative estimate of drug-likeness (QED) is 0.823. The van der Waals surface area contributed by atoms with Gasteiger partial charge in [0.15, 0.2) is 0 Å². The summed E-state index contributed by atoms with van der Waals surface area (Å²) in [5, 5.41) is 0. The van der Waals surface area contributed by atoms with E-state index < -0.39 is 0 Å². The van der Waals surface area contributed by atoms with E-state index in [0.29, 0.717) is 11.3 Å². The van der Waals surface area contributed by atoms with Crippen molar-refractivity contribution in [3.63, 3.8) is 0 Å². The number of methoxy groups -OCH3 is 2. The van der Waals surface area contributed by atoms with E-state index in [9.17, 15) is 0 Å². The molecule has 2 nitrogen and oxygen atoms in total. The van der Waals surface area contributed by atoms with Crippen LogP contribution in [0.25, 0.3) is 0 Å². The van der Waals surface area contributed by atoms with Crippen molar-refractivity contribution in [1.82, 2.24) is 0 Å². The third-order valence-corrected chi connectivity index (χ3v) is 6.16. The van der Waals surface area contributed by atoms with Crippen molar-refractivity contribution < 1.29 is 9.47 Å². The Labute approximate surface area is 128 Å². The predicted octanol–water partition coefficient (Wildman–Crippen LogP) is 4.35. The van der Waals surface area contributed by atoms with E-state index in [4.69, 9.17) is 9.47 Å². The van der Waals surface area contributed by atoms with Gasteiger partial charge in [-0.2, -0.15) is 0 Å². The fourth-order valence-corrected chi connectivity index (χ4v) is 5.20. The molecule has 21 heavy (non-hydrogen) atoms. The van der Waals surface area contributed by atoms with Crippen molar-refractivity contribution in [2.24, 2.45) is 11.3 Å². The Kier molecular flexibility index (Phi) is 3.77. The molecule has 3 atom stereocenters. The average molecular weight is 288 g/mol. The van der Waals surface area contributed by atoms with Crippen molar-refractivity contribution >= 4 is 0 Å². The minimum atomic E-state index is 0.271. The molecule has 0 radical (unpaired) electrons. The van der Waals surface area contributed by atoms with Gasteiger partial charge < -0.3 is 9.47 Å². The highest BCUT2D eigenvalue weighted by atomic mass is 16.5. The summed E-state index contributed by atoms with van der Waals surface area (Å²) in [6.07, 6.45) is 6.36. The van der Waals surface area contributed by atoms with E-state index in [1.165, 1.54) is 43.2 Å². The van der Waals surface area contributed by atoms with Crippen LogP contribution in [0.15, 0.2) is 18.2 Å². The molecule has 116 valence electrons. The number of rotatable bonds is 3. The normalized spacial score (nSPS) is 35.0. The van der Waals surface area contributed by atoms with Crippen molar-refractivity contribution in [2.45, 2.75) is 51.4 Å². The molecule has 2 aliphatic rings. The third-order valence-electron chi connectivity index (χ3n) is 6.16. The van der Waals surface area contributed by atoms with Gasteiger partial charge in [-0.15, -0.1) is 0 Å². The summed E-state index contributed by atoms with van der Waals surface area (Å²) in [6.45, 7) is 5.79. The standard InChI is InChI=1S/C19H28O2/c1-18(13-20-3)10-5-11-19(2)16-12-15(21-4)8-6-14(16)7-9-17(18)19/h6,8,12,17H,5,7,9-11,13H2,1-4H3/t17-,18?,19+/m0/s1. The van der Waals surface area contributed by atoms with E-state index in [1.807, 2.05) is 7.11 Å². The van der Waals surface area contributed by atoms with Crippen LogP contribution in [0.5, 0.6) is 5.75 Å². The van der Waals surface area contributed by atoms with Gasteiger partial charge in [0.1, 0.15) is 5.75 Å². The maximum absolute atomic E-state index is 5.59. The molecule has 1 fully saturated rings. The molecule has 1 unspecified atom stereocenters. The van der Waals surface area contributed by atoms with Gasteiger partial charge in [-0.25, -0.2) is 0 Å². The number of ether oxygens (including phenoxy) is 2. The molecule has 2 heteroatoms. The lowest BCUT2D eigenvalue weighted by molar-refractivity contribution is -0.0324. The Hall–Kier alpha value is -1.02. The third kappa shape index (κ3) is 2.28. The van der Waals surface area contributed by atoms with Crippen LogP contribution in [0.3, 0.4) is 0 Å². The Morgan fingerprint density at radius 2 is 2.00 bits per heavy atom. The first-order chi connectivity index (χ1) is 10.0. The highest BCUT2D eigenvalue weighted by Gasteiger charge is 2.51. The van der Waals surface area contributed by atoms with Gasteiger partial charge in [-0.1, -0.05) is 26.3 Å². The summed E-state index contributed by atoms with van der Waals surface area (Å²) in [4.78, 5) is 0. The second-order valence-corrected chi connectivity index (χ2v) is 7.47.